The number of benzene rings is 1. The number of H-pyrrole nitrogens is 1. The average molecular weight is 446 g/mol. The molecule has 10 nitrogen and oxygen atoms in total. The van der Waals surface area contributed by atoms with Gasteiger partial charge in [0.1, 0.15) is 21.9 Å². The average Bonchev–Trinajstić information content (AvgIpc) is 3.53. The molecule has 5 rings (SSSR count). The van der Waals surface area contributed by atoms with Gasteiger partial charge in [-0.2, -0.15) is 5.10 Å². The molecule has 3 N–H and O–H groups in total. The lowest BCUT2D eigenvalue weighted by molar-refractivity contribution is 0.0936. The zero-order chi connectivity index (χ0) is 22.2. The lowest BCUT2D eigenvalue weighted by atomic mass is 10.2. The van der Waals surface area contributed by atoms with E-state index in [-0.39, 0.29) is 17.5 Å². The number of carbonyl (C=O) groups is 2. The minimum Gasteiger partial charge on any atom is -0.361 e. The van der Waals surface area contributed by atoms with Crippen LogP contribution in [0.5, 0.6) is 0 Å². The fourth-order valence-corrected chi connectivity index (χ4v) is 4.20. The number of aryl methyl sites for hydroxylation is 1. The van der Waals surface area contributed by atoms with Crippen LogP contribution in [0.15, 0.2) is 49.2 Å². The first kappa shape index (κ1) is 19.8. The number of nitrogens with zero attached hydrogens (tertiary/aromatic N) is 5. The fourth-order valence-electron chi connectivity index (χ4n) is 3.38. The van der Waals surface area contributed by atoms with Gasteiger partial charge in [0.15, 0.2) is 5.65 Å². The Morgan fingerprint density at radius 2 is 2.00 bits per heavy atom. The molecule has 1 atom stereocenters. The maximum absolute atomic E-state index is 12.8. The molecule has 160 valence electrons. The summed E-state index contributed by atoms with van der Waals surface area (Å²) in [7, 11) is 1.75. The van der Waals surface area contributed by atoms with E-state index in [2.05, 4.69) is 35.7 Å². The van der Waals surface area contributed by atoms with Gasteiger partial charge in [-0.15, -0.1) is 11.3 Å². The summed E-state index contributed by atoms with van der Waals surface area (Å²) < 4.78 is 1.58. The first-order valence-corrected chi connectivity index (χ1v) is 10.6. The van der Waals surface area contributed by atoms with E-state index >= 15 is 0 Å². The van der Waals surface area contributed by atoms with Crippen molar-refractivity contribution in [3.8, 4) is 0 Å². The van der Waals surface area contributed by atoms with E-state index in [0.29, 0.717) is 26.6 Å². The van der Waals surface area contributed by atoms with E-state index in [1.165, 1.54) is 23.9 Å². The van der Waals surface area contributed by atoms with Gasteiger partial charge in [-0.25, -0.2) is 15.0 Å². The Morgan fingerprint density at radius 1 is 1.12 bits per heavy atom. The molecule has 5 aromatic rings. The number of fused-ring (bicyclic) bond motifs is 2. The normalized spacial score (nSPS) is 12.2. The summed E-state index contributed by atoms with van der Waals surface area (Å²) in [4.78, 5) is 41.6. The number of hydrogen-bond donors (Lipinski definition) is 3. The van der Waals surface area contributed by atoms with Gasteiger partial charge in [0.25, 0.3) is 11.8 Å². The molecule has 4 aromatic heterocycles. The maximum Gasteiger partial charge on any atom is 0.271 e. The molecule has 0 bridgehead atoms. The van der Waals surface area contributed by atoms with Crippen LogP contribution in [-0.4, -0.2) is 41.5 Å². The van der Waals surface area contributed by atoms with Crippen molar-refractivity contribution in [2.24, 2.45) is 7.05 Å². The van der Waals surface area contributed by atoms with E-state index in [0.717, 1.165) is 10.9 Å². The Kier molecular flexibility index (Phi) is 4.86. The standard InChI is InChI=1S/C21H18N8O2S/c1-11(27-20(31)17-14-8-26-29(2)18(14)25-10-24-17)21-23-9-16(32-21)19(30)28-13-4-3-12-5-6-22-15(12)7-13/h3-11,22H,1-2H3,(H,27,31)(H,28,30). The van der Waals surface area contributed by atoms with Crippen molar-refractivity contribution in [3.05, 3.63) is 64.8 Å². The zero-order valence-corrected chi connectivity index (χ0v) is 18.0. The highest BCUT2D eigenvalue weighted by atomic mass is 32.1. The number of nitrogens with one attached hydrogen (secondary N) is 3. The Bertz CT molecular complexity index is 1470. The fraction of sp³-hybridized carbons (Fsp3) is 0.143. The Morgan fingerprint density at radius 3 is 2.88 bits per heavy atom. The Hall–Kier alpha value is -4.12. The summed E-state index contributed by atoms with van der Waals surface area (Å²) in [6.07, 6.45) is 6.25. The zero-order valence-electron chi connectivity index (χ0n) is 17.2. The number of hydrogen-bond acceptors (Lipinski definition) is 7. The van der Waals surface area contributed by atoms with E-state index < -0.39 is 6.04 Å². The van der Waals surface area contributed by atoms with Gasteiger partial charge in [0.05, 0.1) is 23.8 Å². The molecule has 0 aliphatic carbocycles. The van der Waals surface area contributed by atoms with E-state index in [1.807, 2.05) is 30.5 Å². The molecule has 0 saturated heterocycles. The molecule has 0 aliphatic heterocycles. The molecule has 4 heterocycles. The van der Waals surface area contributed by atoms with Crippen LogP contribution in [0, 0.1) is 0 Å². The van der Waals surface area contributed by atoms with Crippen molar-refractivity contribution in [2.45, 2.75) is 13.0 Å². The molecule has 11 heteroatoms. The topological polar surface area (TPSA) is 130 Å². The molecule has 0 aliphatic rings. The van der Waals surface area contributed by atoms with Crippen molar-refractivity contribution in [3.63, 3.8) is 0 Å². The predicted octanol–water partition coefficient (Wildman–Crippen LogP) is 3.04. The number of carbonyl (C=O) groups excluding carboxylic acids is 2. The quantitative estimate of drug-likeness (QED) is 0.380. The molecule has 0 saturated carbocycles. The lowest BCUT2D eigenvalue weighted by Crippen LogP contribution is -2.27. The van der Waals surface area contributed by atoms with Crippen molar-refractivity contribution >= 4 is 50.8 Å². The van der Waals surface area contributed by atoms with Gasteiger partial charge in [-0.05, 0) is 30.5 Å². The van der Waals surface area contributed by atoms with Crippen LogP contribution < -0.4 is 10.6 Å². The predicted molar refractivity (Wildman–Crippen MR) is 121 cm³/mol. The Labute approximate surface area is 185 Å². The van der Waals surface area contributed by atoms with Gasteiger partial charge in [-0.3, -0.25) is 14.3 Å². The lowest BCUT2D eigenvalue weighted by Gasteiger charge is -2.11. The number of rotatable bonds is 5. The van der Waals surface area contributed by atoms with Crippen molar-refractivity contribution < 1.29 is 9.59 Å². The van der Waals surface area contributed by atoms with E-state index in [4.69, 9.17) is 0 Å². The van der Waals surface area contributed by atoms with Crippen LogP contribution in [0.2, 0.25) is 0 Å². The first-order valence-electron chi connectivity index (χ1n) is 9.77. The number of thiazole rings is 1. The molecule has 1 aromatic carbocycles. The molecule has 0 fully saturated rings. The minimum absolute atomic E-state index is 0.240. The summed E-state index contributed by atoms with van der Waals surface area (Å²) in [6.45, 7) is 1.80. The second-order valence-corrected chi connectivity index (χ2v) is 8.28. The summed E-state index contributed by atoms with van der Waals surface area (Å²) in [5.41, 5.74) is 2.44. The highest BCUT2D eigenvalue weighted by Crippen LogP contribution is 2.23. The van der Waals surface area contributed by atoms with Crippen molar-refractivity contribution in [1.29, 1.82) is 0 Å². The number of aromatic nitrogens is 6. The SMILES string of the molecule is CC(NC(=O)c1ncnc2c1cnn2C)c1ncc(C(=O)Nc2ccc3cc[nH]c3c2)s1. The van der Waals surface area contributed by atoms with Gasteiger partial charge in [0, 0.05) is 24.4 Å². The maximum atomic E-state index is 12.8. The molecule has 2 amide bonds. The first-order chi connectivity index (χ1) is 15.5. The van der Waals surface area contributed by atoms with E-state index in [9.17, 15) is 9.59 Å². The molecule has 1 unspecified atom stereocenters. The summed E-state index contributed by atoms with van der Waals surface area (Å²) in [5.74, 6) is -0.621. The minimum atomic E-state index is -0.411. The molecule has 32 heavy (non-hydrogen) atoms. The summed E-state index contributed by atoms with van der Waals surface area (Å²) in [6, 6.07) is 7.21. The third kappa shape index (κ3) is 3.58. The van der Waals surface area contributed by atoms with Crippen LogP contribution in [0.3, 0.4) is 0 Å². The number of anilines is 1. The van der Waals surface area contributed by atoms with Crippen molar-refractivity contribution in [2.75, 3.05) is 5.32 Å². The Balaban J connectivity index is 1.29. The van der Waals surface area contributed by atoms with Gasteiger partial charge in [-0.1, -0.05) is 6.07 Å². The third-order valence-corrected chi connectivity index (χ3v) is 6.20. The van der Waals surface area contributed by atoms with Gasteiger partial charge >= 0.3 is 0 Å². The second kappa shape index (κ2) is 7.85. The van der Waals surface area contributed by atoms with Gasteiger partial charge in [0.2, 0.25) is 0 Å². The molecular formula is C21H18N8O2S. The molecule has 0 radical (unpaired) electrons. The van der Waals surface area contributed by atoms with Crippen molar-refractivity contribution in [1.82, 2.24) is 35.0 Å². The third-order valence-electron chi connectivity index (χ3n) is 5.02. The monoisotopic (exact) mass is 446 g/mol. The van der Waals surface area contributed by atoms with Crippen LogP contribution in [0.25, 0.3) is 21.9 Å². The van der Waals surface area contributed by atoms with Crippen LogP contribution in [0.4, 0.5) is 5.69 Å². The van der Waals surface area contributed by atoms with Gasteiger partial charge < -0.3 is 15.6 Å². The molecule has 0 spiro atoms. The second-order valence-electron chi connectivity index (χ2n) is 7.22. The molecular weight excluding hydrogens is 428 g/mol. The van der Waals surface area contributed by atoms with E-state index in [1.54, 1.807) is 24.9 Å². The highest BCUT2D eigenvalue weighted by molar-refractivity contribution is 7.13. The van der Waals surface area contributed by atoms with Crippen LogP contribution in [-0.2, 0) is 7.05 Å². The largest absolute Gasteiger partial charge is 0.361 e. The smallest absolute Gasteiger partial charge is 0.271 e. The summed E-state index contributed by atoms with van der Waals surface area (Å²) in [5, 5.41) is 12.1. The summed E-state index contributed by atoms with van der Waals surface area (Å²) >= 11 is 1.22. The van der Waals surface area contributed by atoms with Crippen LogP contribution >= 0.6 is 11.3 Å². The number of amides is 2. The van der Waals surface area contributed by atoms with Crippen LogP contribution in [0.1, 0.15) is 38.1 Å². The highest BCUT2D eigenvalue weighted by Gasteiger charge is 2.20. The number of aromatic amines is 1.